The van der Waals surface area contributed by atoms with Crippen molar-refractivity contribution < 1.29 is 31.2 Å². The van der Waals surface area contributed by atoms with Crippen molar-refractivity contribution in [2.75, 3.05) is 19.8 Å². The number of rotatable bonds is 5. The second kappa shape index (κ2) is 6.87. The molecular formula is C13H13F3N2O5S. The fourth-order valence-corrected chi connectivity index (χ4v) is 3.17. The largest absolute Gasteiger partial charge is 0.402 e. The lowest BCUT2D eigenvalue weighted by Crippen LogP contribution is -2.33. The van der Waals surface area contributed by atoms with E-state index in [1.165, 1.54) is 10.8 Å². The van der Waals surface area contributed by atoms with Crippen molar-refractivity contribution in [2.24, 2.45) is 0 Å². The molecule has 0 saturated heterocycles. The van der Waals surface area contributed by atoms with Crippen LogP contribution in [0.2, 0.25) is 0 Å². The topological polar surface area (TPSA) is 98.5 Å². The zero-order chi connectivity index (χ0) is 18.0. The predicted octanol–water partition coefficient (Wildman–Crippen LogP) is 2.24. The van der Waals surface area contributed by atoms with Gasteiger partial charge < -0.3 is 4.74 Å². The van der Waals surface area contributed by atoms with Crippen molar-refractivity contribution in [3.05, 3.63) is 40.0 Å². The lowest BCUT2D eigenvalue weighted by Gasteiger charge is -2.15. The number of hydrogen-bond acceptors (Lipinski definition) is 5. The number of hydrogen-bond donors (Lipinski definition) is 1. The molecule has 1 aliphatic heterocycles. The summed E-state index contributed by atoms with van der Waals surface area (Å²) < 4.78 is 66.7. The highest BCUT2D eigenvalue weighted by Gasteiger charge is 2.31. The van der Waals surface area contributed by atoms with Crippen LogP contribution >= 0.6 is 0 Å². The van der Waals surface area contributed by atoms with E-state index >= 15 is 0 Å². The molecule has 1 N–H and O–H groups in total. The molecule has 2 rings (SSSR count). The standard InChI is InChI=1S/C13H13F3N2O5S/c14-13(15,16)8-17-24(21,22)10-1-2-11(12(7-10)18(19)20)9-3-5-23-6-4-9/h1-3,7,17H,4-6,8H2. The van der Waals surface area contributed by atoms with Gasteiger partial charge in [0.25, 0.3) is 5.69 Å². The van der Waals surface area contributed by atoms with E-state index in [-0.39, 0.29) is 12.2 Å². The highest BCUT2D eigenvalue weighted by Crippen LogP contribution is 2.31. The zero-order valence-electron chi connectivity index (χ0n) is 12.2. The van der Waals surface area contributed by atoms with Crippen LogP contribution in [0, 0.1) is 10.1 Å². The Hall–Kier alpha value is -1.98. The first-order valence-corrected chi connectivity index (χ1v) is 8.20. The minimum absolute atomic E-state index is 0.220. The van der Waals surface area contributed by atoms with E-state index in [0.29, 0.717) is 18.6 Å². The molecule has 0 unspecified atom stereocenters. The fourth-order valence-electron chi connectivity index (χ4n) is 2.13. The third kappa shape index (κ3) is 4.52. The molecule has 0 fully saturated rings. The Morgan fingerprint density at radius 3 is 2.58 bits per heavy atom. The number of ether oxygens (including phenoxy) is 1. The molecule has 0 aromatic heterocycles. The number of alkyl halides is 3. The molecule has 0 bridgehead atoms. The van der Waals surface area contributed by atoms with Gasteiger partial charge in [-0.05, 0) is 24.1 Å². The molecule has 0 saturated carbocycles. The van der Waals surface area contributed by atoms with Gasteiger partial charge in [0.05, 0.1) is 28.6 Å². The third-order valence-corrected chi connectivity index (χ3v) is 4.65. The first-order valence-electron chi connectivity index (χ1n) is 6.72. The molecule has 7 nitrogen and oxygen atoms in total. The Kier molecular flexibility index (Phi) is 5.26. The molecule has 1 heterocycles. The third-order valence-electron chi connectivity index (χ3n) is 3.25. The average molecular weight is 366 g/mol. The van der Waals surface area contributed by atoms with Gasteiger partial charge in [0.2, 0.25) is 10.0 Å². The Bertz CT molecular complexity index is 774. The maximum atomic E-state index is 12.2. The van der Waals surface area contributed by atoms with E-state index in [1.807, 2.05) is 0 Å². The number of nitro benzene ring substituents is 1. The number of nitrogens with zero attached hydrogens (tertiary/aromatic N) is 1. The van der Waals surface area contributed by atoms with E-state index in [0.717, 1.165) is 12.1 Å². The molecule has 1 aliphatic rings. The van der Waals surface area contributed by atoms with Gasteiger partial charge in [-0.15, -0.1) is 0 Å². The fraction of sp³-hybridized carbons (Fsp3) is 0.385. The van der Waals surface area contributed by atoms with Crippen LogP contribution in [0.25, 0.3) is 5.57 Å². The summed E-state index contributed by atoms with van der Waals surface area (Å²) in [4.78, 5) is 9.84. The summed E-state index contributed by atoms with van der Waals surface area (Å²) in [6.45, 7) is -1.11. The summed E-state index contributed by atoms with van der Waals surface area (Å²) in [5.41, 5.74) is 0.358. The Morgan fingerprint density at radius 2 is 2.04 bits per heavy atom. The first-order chi connectivity index (χ1) is 11.1. The van der Waals surface area contributed by atoms with Crippen molar-refractivity contribution in [2.45, 2.75) is 17.5 Å². The SMILES string of the molecule is O=[N+]([O-])c1cc(S(=O)(=O)NCC(F)(F)F)ccc1C1=CCOCC1. The average Bonchev–Trinajstić information content (AvgIpc) is 2.52. The number of nitro groups is 1. The molecule has 24 heavy (non-hydrogen) atoms. The van der Waals surface area contributed by atoms with Gasteiger partial charge in [-0.25, -0.2) is 13.1 Å². The van der Waals surface area contributed by atoms with E-state index < -0.39 is 38.3 Å². The Balaban J connectivity index is 2.38. The smallest absolute Gasteiger partial charge is 0.377 e. The van der Waals surface area contributed by atoms with Crippen LogP contribution in [0.5, 0.6) is 0 Å². The zero-order valence-corrected chi connectivity index (χ0v) is 13.0. The first kappa shape index (κ1) is 18.4. The molecule has 1 aromatic carbocycles. The monoisotopic (exact) mass is 366 g/mol. The van der Waals surface area contributed by atoms with Crippen LogP contribution in [-0.2, 0) is 14.8 Å². The molecular weight excluding hydrogens is 353 g/mol. The molecule has 0 spiro atoms. The molecule has 0 amide bonds. The van der Waals surface area contributed by atoms with Gasteiger partial charge in [-0.1, -0.05) is 6.08 Å². The van der Waals surface area contributed by atoms with Crippen LogP contribution < -0.4 is 4.72 Å². The molecule has 132 valence electrons. The Labute approximate surface area is 135 Å². The number of halogens is 3. The lowest BCUT2D eigenvalue weighted by molar-refractivity contribution is -0.385. The molecule has 11 heteroatoms. The normalized spacial score (nSPS) is 15.9. The van der Waals surface area contributed by atoms with E-state index in [9.17, 15) is 31.7 Å². The Morgan fingerprint density at radius 1 is 1.33 bits per heavy atom. The molecule has 0 aliphatic carbocycles. The van der Waals surface area contributed by atoms with Crippen molar-refractivity contribution >= 4 is 21.3 Å². The van der Waals surface area contributed by atoms with Gasteiger partial charge in [0.1, 0.15) is 6.54 Å². The van der Waals surface area contributed by atoms with Crippen molar-refractivity contribution in [1.82, 2.24) is 4.72 Å². The van der Waals surface area contributed by atoms with Crippen LogP contribution in [0.15, 0.2) is 29.2 Å². The van der Waals surface area contributed by atoms with E-state index in [1.54, 1.807) is 6.08 Å². The number of nitrogens with one attached hydrogen (secondary N) is 1. The van der Waals surface area contributed by atoms with Gasteiger partial charge in [-0.3, -0.25) is 10.1 Å². The van der Waals surface area contributed by atoms with Crippen LogP contribution in [0.1, 0.15) is 12.0 Å². The second-order valence-electron chi connectivity index (χ2n) is 4.93. The number of benzene rings is 1. The van der Waals surface area contributed by atoms with Crippen molar-refractivity contribution in [1.29, 1.82) is 0 Å². The highest BCUT2D eigenvalue weighted by molar-refractivity contribution is 7.89. The van der Waals surface area contributed by atoms with Gasteiger partial charge >= 0.3 is 6.18 Å². The van der Waals surface area contributed by atoms with Gasteiger partial charge in [-0.2, -0.15) is 13.2 Å². The highest BCUT2D eigenvalue weighted by atomic mass is 32.2. The molecule has 0 atom stereocenters. The summed E-state index contributed by atoms with van der Waals surface area (Å²) >= 11 is 0. The number of sulfonamides is 1. The summed E-state index contributed by atoms with van der Waals surface area (Å²) in [7, 11) is -4.52. The summed E-state index contributed by atoms with van der Waals surface area (Å²) in [6, 6.07) is 3.01. The van der Waals surface area contributed by atoms with Gasteiger partial charge in [0, 0.05) is 6.07 Å². The van der Waals surface area contributed by atoms with Gasteiger partial charge in [0.15, 0.2) is 0 Å². The quantitative estimate of drug-likeness (QED) is 0.636. The molecule has 1 aromatic rings. The lowest BCUT2D eigenvalue weighted by atomic mass is 10.00. The molecule has 0 radical (unpaired) electrons. The van der Waals surface area contributed by atoms with Crippen molar-refractivity contribution in [3.8, 4) is 0 Å². The minimum Gasteiger partial charge on any atom is -0.377 e. The maximum Gasteiger partial charge on any atom is 0.402 e. The van der Waals surface area contributed by atoms with Crippen LogP contribution in [0.3, 0.4) is 0 Å². The predicted molar refractivity (Wildman–Crippen MR) is 77.8 cm³/mol. The van der Waals surface area contributed by atoms with Crippen molar-refractivity contribution in [3.63, 3.8) is 0 Å². The van der Waals surface area contributed by atoms with E-state index in [2.05, 4.69) is 0 Å². The summed E-state index contributed by atoms with van der Waals surface area (Å²) in [5, 5.41) is 11.2. The minimum atomic E-state index is -4.73. The summed E-state index contributed by atoms with van der Waals surface area (Å²) in [5.74, 6) is 0. The van der Waals surface area contributed by atoms with Crippen LogP contribution in [-0.4, -0.2) is 39.3 Å². The van der Waals surface area contributed by atoms with E-state index in [4.69, 9.17) is 4.74 Å². The summed E-state index contributed by atoms with van der Waals surface area (Å²) in [6.07, 6.45) is -2.67. The maximum absolute atomic E-state index is 12.2. The van der Waals surface area contributed by atoms with Crippen LogP contribution in [0.4, 0.5) is 18.9 Å². The second-order valence-corrected chi connectivity index (χ2v) is 6.70.